The summed E-state index contributed by atoms with van der Waals surface area (Å²) in [7, 11) is -7.47. The molecule has 2 aromatic carbocycles. The number of hydrogen-bond acceptors (Lipinski definition) is 5. The summed E-state index contributed by atoms with van der Waals surface area (Å²) in [4.78, 5) is -0.0944. The molecule has 10 heteroatoms. The molecule has 2 aliphatic rings. The molecule has 1 heterocycles. The van der Waals surface area contributed by atoms with Crippen LogP contribution in [0.2, 0.25) is 0 Å². The zero-order chi connectivity index (χ0) is 24.7. The normalized spacial score (nSPS) is 24.7. The topological polar surface area (TPSA) is 77.5 Å². The summed E-state index contributed by atoms with van der Waals surface area (Å²) in [5, 5.41) is 0. The maximum Gasteiger partial charge on any atom is 0.188 e. The van der Waals surface area contributed by atoms with Crippen molar-refractivity contribution >= 4 is 19.7 Å². The van der Waals surface area contributed by atoms with Gasteiger partial charge in [0, 0.05) is 17.9 Å². The van der Waals surface area contributed by atoms with E-state index in [4.69, 9.17) is 4.74 Å². The molecule has 0 unspecified atom stereocenters. The van der Waals surface area contributed by atoms with Crippen LogP contribution >= 0.6 is 0 Å². The molecule has 1 saturated carbocycles. The first-order valence-electron chi connectivity index (χ1n) is 11.2. The second-order valence-corrected chi connectivity index (χ2v) is 13.7. The van der Waals surface area contributed by atoms with Gasteiger partial charge in [0.2, 0.25) is 0 Å². The Kier molecular flexibility index (Phi) is 6.76. The van der Waals surface area contributed by atoms with Crippen LogP contribution in [0.4, 0.5) is 13.2 Å². The van der Waals surface area contributed by atoms with Crippen molar-refractivity contribution in [1.29, 1.82) is 0 Å². The van der Waals surface area contributed by atoms with Crippen LogP contribution < -0.4 is 4.74 Å². The quantitative estimate of drug-likeness (QED) is 0.532. The van der Waals surface area contributed by atoms with Gasteiger partial charge in [-0.15, -0.1) is 0 Å². The first-order chi connectivity index (χ1) is 16.0. The summed E-state index contributed by atoms with van der Waals surface area (Å²) in [6, 6.07) is 7.17. The Morgan fingerprint density at radius 1 is 1.03 bits per heavy atom. The largest absolute Gasteiger partial charge is 0.490 e. The lowest BCUT2D eigenvalue weighted by Gasteiger charge is -2.50. The lowest BCUT2D eigenvalue weighted by molar-refractivity contribution is 0.0706. The molecule has 0 spiro atoms. The van der Waals surface area contributed by atoms with Gasteiger partial charge in [0.05, 0.1) is 17.1 Å². The summed E-state index contributed by atoms with van der Waals surface area (Å²) < 4.78 is 98.6. The Morgan fingerprint density at radius 3 is 2.35 bits per heavy atom. The highest BCUT2D eigenvalue weighted by molar-refractivity contribution is 7.92. The van der Waals surface area contributed by atoms with Gasteiger partial charge in [0.15, 0.2) is 21.4 Å². The van der Waals surface area contributed by atoms with E-state index in [1.165, 1.54) is 24.3 Å². The van der Waals surface area contributed by atoms with Crippen LogP contribution in [0.5, 0.6) is 5.75 Å². The Labute approximate surface area is 198 Å². The molecule has 4 rings (SSSR count). The molecule has 1 aliphatic heterocycles. The lowest BCUT2D eigenvalue weighted by Crippen LogP contribution is -2.54. The van der Waals surface area contributed by atoms with Crippen molar-refractivity contribution in [2.45, 2.75) is 48.4 Å². The molecule has 34 heavy (non-hydrogen) atoms. The van der Waals surface area contributed by atoms with Gasteiger partial charge in [-0.1, -0.05) is 18.6 Å². The van der Waals surface area contributed by atoms with E-state index in [-0.39, 0.29) is 35.2 Å². The number of ether oxygens (including phenoxy) is 1. The molecule has 0 aromatic heterocycles. The van der Waals surface area contributed by atoms with E-state index in [0.29, 0.717) is 31.2 Å². The van der Waals surface area contributed by atoms with Crippen molar-refractivity contribution in [3.8, 4) is 5.75 Å². The Balaban J connectivity index is 1.87. The number of fused-ring (bicyclic) bond motifs is 3. The van der Waals surface area contributed by atoms with Crippen molar-refractivity contribution < 1.29 is 34.7 Å². The predicted octanol–water partition coefficient (Wildman–Crippen LogP) is 4.74. The van der Waals surface area contributed by atoms with Gasteiger partial charge in [-0.3, -0.25) is 0 Å². The average Bonchev–Trinajstić information content (AvgIpc) is 2.80. The third-order valence-corrected chi connectivity index (χ3v) is 10.7. The van der Waals surface area contributed by atoms with E-state index in [1.54, 1.807) is 0 Å². The number of rotatable bonds is 7. The Morgan fingerprint density at radius 2 is 1.71 bits per heavy atom. The highest BCUT2D eigenvalue weighted by Gasteiger charge is 2.60. The number of hydrogen-bond donors (Lipinski definition) is 0. The third kappa shape index (κ3) is 4.23. The summed E-state index contributed by atoms with van der Waals surface area (Å²) in [5.74, 6) is -3.09. The lowest BCUT2D eigenvalue weighted by atomic mass is 9.66. The molecule has 0 amide bonds. The van der Waals surface area contributed by atoms with E-state index in [0.717, 1.165) is 18.4 Å². The van der Waals surface area contributed by atoms with E-state index in [9.17, 15) is 25.6 Å². The minimum Gasteiger partial charge on any atom is -0.490 e. The minimum absolute atomic E-state index is 0.0406. The van der Waals surface area contributed by atoms with Gasteiger partial charge in [0.1, 0.15) is 27.1 Å². The fourth-order valence-corrected chi connectivity index (χ4v) is 8.74. The fourth-order valence-electron chi connectivity index (χ4n) is 5.61. The zero-order valence-corrected chi connectivity index (χ0v) is 20.4. The van der Waals surface area contributed by atoms with E-state index >= 15 is 4.39 Å². The van der Waals surface area contributed by atoms with Gasteiger partial charge in [-0.25, -0.2) is 30.0 Å². The van der Waals surface area contributed by atoms with Crippen molar-refractivity contribution in [3.05, 3.63) is 59.2 Å². The van der Waals surface area contributed by atoms with Crippen molar-refractivity contribution in [2.24, 2.45) is 11.8 Å². The SMILES string of the molecule is CS(=O)(=O)CCC[C@@H]1CCC[C@@]2(S(=O)(=O)c3ccc(CF)cc3)c3c(F)ccc(F)c3OC[C@@H]12. The number of sulfone groups is 2. The van der Waals surface area contributed by atoms with Gasteiger partial charge in [0.25, 0.3) is 0 Å². The maximum atomic E-state index is 15.3. The van der Waals surface area contributed by atoms with Gasteiger partial charge >= 0.3 is 0 Å². The molecular formula is C24H27F3O5S2. The Hall–Kier alpha value is -2.07. The molecule has 1 aliphatic carbocycles. The first-order valence-corrected chi connectivity index (χ1v) is 14.7. The molecule has 0 saturated heterocycles. The van der Waals surface area contributed by atoms with Crippen LogP contribution in [0.15, 0.2) is 41.3 Å². The number of benzene rings is 2. The molecule has 0 radical (unpaired) electrons. The molecule has 1 fully saturated rings. The van der Waals surface area contributed by atoms with Crippen molar-refractivity contribution in [2.75, 3.05) is 18.6 Å². The van der Waals surface area contributed by atoms with Crippen LogP contribution in [-0.2, 0) is 31.1 Å². The average molecular weight is 517 g/mol. The molecule has 5 nitrogen and oxygen atoms in total. The second kappa shape index (κ2) is 9.18. The van der Waals surface area contributed by atoms with Crippen molar-refractivity contribution in [1.82, 2.24) is 0 Å². The molecular weight excluding hydrogens is 489 g/mol. The summed E-state index contributed by atoms with van der Waals surface area (Å²) in [6.45, 7) is -0.883. The van der Waals surface area contributed by atoms with Crippen LogP contribution in [-0.4, -0.2) is 35.5 Å². The third-order valence-electron chi connectivity index (χ3n) is 7.14. The van der Waals surface area contributed by atoms with Crippen LogP contribution in [0.1, 0.15) is 43.2 Å². The molecule has 0 N–H and O–H groups in total. The molecule has 186 valence electrons. The van der Waals surface area contributed by atoms with Crippen LogP contribution in [0.25, 0.3) is 0 Å². The molecule has 3 atom stereocenters. The molecule has 0 bridgehead atoms. The van der Waals surface area contributed by atoms with E-state index < -0.39 is 54.4 Å². The summed E-state index contributed by atoms with van der Waals surface area (Å²) in [6.07, 6.45) is 3.04. The summed E-state index contributed by atoms with van der Waals surface area (Å²) in [5.41, 5.74) is 0.00558. The minimum atomic E-state index is -4.28. The highest BCUT2D eigenvalue weighted by Crippen LogP contribution is 2.58. The zero-order valence-electron chi connectivity index (χ0n) is 18.8. The van der Waals surface area contributed by atoms with E-state index in [2.05, 4.69) is 0 Å². The van der Waals surface area contributed by atoms with Gasteiger partial charge < -0.3 is 4.74 Å². The molecule has 2 aromatic rings. The smallest absolute Gasteiger partial charge is 0.188 e. The van der Waals surface area contributed by atoms with Crippen LogP contribution in [0, 0.1) is 23.5 Å². The maximum absolute atomic E-state index is 15.3. The highest BCUT2D eigenvalue weighted by atomic mass is 32.2. The Bertz CT molecular complexity index is 1280. The second-order valence-electron chi connectivity index (χ2n) is 9.25. The standard InChI is InChI=1S/C24H27F3O5S2/c1-33(28,29)13-3-5-17-4-2-12-24(34(30,31)18-8-6-16(14-25)7-9-18)19(17)15-32-23-21(27)11-10-20(26)22(23)24/h6-11,17,19H,2-5,12-15H2,1H3/t17-,19-,24-/m0/s1. The van der Waals surface area contributed by atoms with Gasteiger partial charge in [-0.05, 0) is 61.4 Å². The number of halogens is 3. The van der Waals surface area contributed by atoms with E-state index in [1.807, 2.05) is 0 Å². The van der Waals surface area contributed by atoms with Gasteiger partial charge in [-0.2, -0.15) is 0 Å². The predicted molar refractivity (Wildman–Crippen MR) is 122 cm³/mol. The monoisotopic (exact) mass is 516 g/mol. The number of alkyl halides is 1. The summed E-state index contributed by atoms with van der Waals surface area (Å²) >= 11 is 0. The van der Waals surface area contributed by atoms with Crippen molar-refractivity contribution in [3.63, 3.8) is 0 Å². The first kappa shape index (κ1) is 25.0. The fraction of sp³-hybridized carbons (Fsp3) is 0.500. The van der Waals surface area contributed by atoms with Crippen LogP contribution in [0.3, 0.4) is 0 Å².